The summed E-state index contributed by atoms with van der Waals surface area (Å²) in [5.41, 5.74) is 5.55. The van der Waals surface area contributed by atoms with Gasteiger partial charge in [0, 0.05) is 0 Å². The smallest absolute Gasteiger partial charge is 1.00 e. The zero-order valence-electron chi connectivity index (χ0n) is 22.7. The average molecular weight is 649 g/mol. The van der Waals surface area contributed by atoms with Crippen LogP contribution in [0, 0.1) is 0 Å². The predicted molar refractivity (Wildman–Crippen MR) is 154 cm³/mol. The first-order valence-electron chi connectivity index (χ1n) is 11.8. The second-order valence-corrected chi connectivity index (χ2v) is 30.1. The van der Waals surface area contributed by atoms with Crippen LogP contribution in [0.25, 0.3) is 22.3 Å². The van der Waals surface area contributed by atoms with E-state index in [0.29, 0.717) is 0 Å². The van der Waals surface area contributed by atoms with E-state index in [0.717, 1.165) is 0 Å². The van der Waals surface area contributed by atoms with E-state index in [9.17, 15) is 0 Å². The van der Waals surface area contributed by atoms with Gasteiger partial charge in [-0.2, -0.15) is 24.3 Å². The molecule has 0 saturated heterocycles. The molecule has 2 aromatic carbocycles. The van der Waals surface area contributed by atoms with Gasteiger partial charge in [-0.3, -0.25) is 9.97 Å². The van der Waals surface area contributed by atoms with E-state index in [1.54, 1.807) is 23.3 Å². The zero-order valence-corrected chi connectivity index (χ0v) is 29.7. The molecule has 192 valence electrons. The molecule has 0 aliphatic heterocycles. The number of nitrogens with zero attached hydrogens (tertiary/aromatic N) is 2. The van der Waals surface area contributed by atoms with E-state index in [1.165, 1.54) is 32.6 Å². The van der Waals surface area contributed by atoms with E-state index in [-0.39, 0.29) is 30.2 Å². The quantitative estimate of drug-likeness (QED) is 0.242. The van der Waals surface area contributed by atoms with Gasteiger partial charge in [-0.25, -0.2) is 0 Å². The predicted octanol–water partition coefficient (Wildman–Crippen LogP) is 0.818. The van der Waals surface area contributed by atoms with Crippen molar-refractivity contribution in [1.82, 2.24) is 9.97 Å². The summed E-state index contributed by atoms with van der Waals surface area (Å²) < 4.78 is 0. The van der Waals surface area contributed by atoms with E-state index in [2.05, 4.69) is 123 Å². The first kappa shape index (κ1) is 35.1. The van der Waals surface area contributed by atoms with Crippen LogP contribution in [0.2, 0.25) is 52.4 Å². The normalized spacial score (nSPS) is 10.5. The third-order valence-corrected chi connectivity index (χ3v) is 9.33. The maximum atomic E-state index is 4.06. The summed E-state index contributed by atoms with van der Waals surface area (Å²) in [7, 11) is -2.46. The number of halogens is 2. The van der Waals surface area contributed by atoms with E-state index < -0.39 is 16.1 Å². The summed E-state index contributed by atoms with van der Waals surface area (Å²) in [5, 5.41) is 3.07. The molecule has 0 saturated carbocycles. The Balaban J connectivity index is 0.000000566. The van der Waals surface area contributed by atoms with Gasteiger partial charge in [0.05, 0.1) is 16.1 Å². The number of hydrogen-bond donors (Lipinski definition) is 0. The van der Waals surface area contributed by atoms with Gasteiger partial charge in [0.15, 0.2) is 0 Å². The van der Waals surface area contributed by atoms with Crippen LogP contribution >= 0.6 is 0 Å². The monoisotopic (exact) mass is 646 g/mol. The van der Waals surface area contributed by atoms with E-state index >= 15 is 0 Å². The van der Waals surface area contributed by atoms with Crippen LogP contribution in [0.15, 0.2) is 85.5 Å². The molecule has 8 heteroatoms. The van der Waals surface area contributed by atoms with Crippen LogP contribution in [-0.2, 0) is 23.3 Å². The molecule has 0 atom stereocenters. The van der Waals surface area contributed by atoms with Gasteiger partial charge in [-0.1, -0.05) is 50.4 Å². The van der Waals surface area contributed by atoms with Crippen molar-refractivity contribution in [3.8, 4) is 22.3 Å². The fraction of sp³-hybridized carbons (Fsp3) is 0.286. The van der Waals surface area contributed by atoms with Crippen LogP contribution in [-0.4, -0.2) is 31.5 Å². The molecule has 36 heavy (non-hydrogen) atoms. The van der Waals surface area contributed by atoms with Crippen LogP contribution < -0.4 is 35.2 Å². The largest absolute Gasteiger partial charge is 1.00 e. The van der Waals surface area contributed by atoms with Crippen molar-refractivity contribution < 1.29 is 48.1 Å². The third kappa shape index (κ3) is 11.2. The number of rotatable bonds is 4. The fourth-order valence-electron chi connectivity index (χ4n) is 3.71. The number of hydrogen-bond acceptors (Lipinski definition) is 2. The Kier molecular flexibility index (Phi) is 15.8. The van der Waals surface area contributed by atoms with Crippen molar-refractivity contribution in [1.29, 1.82) is 0 Å². The van der Waals surface area contributed by atoms with Crippen molar-refractivity contribution in [2.45, 2.75) is 52.4 Å². The van der Waals surface area contributed by atoms with E-state index in [1.807, 2.05) is 24.8 Å². The molecule has 0 amide bonds. The fourth-order valence-corrected chi connectivity index (χ4v) is 6.98. The second kappa shape index (κ2) is 16.2. The Labute approximate surface area is 248 Å². The maximum Gasteiger partial charge on any atom is -1.00 e. The number of aromatic nitrogens is 2. The van der Waals surface area contributed by atoms with Gasteiger partial charge in [0.1, 0.15) is 0 Å². The molecular weight excluding hydrogens is 611 g/mol. The molecule has 0 radical (unpaired) electrons. The molecule has 0 spiro atoms. The van der Waals surface area contributed by atoms with Crippen LogP contribution in [0.4, 0.5) is 0 Å². The maximum absolute atomic E-state index is 4.06. The molecule has 2 nitrogen and oxygen atoms in total. The minimum Gasteiger partial charge on any atom is -1.00 e. The van der Waals surface area contributed by atoms with Crippen molar-refractivity contribution in [3.05, 3.63) is 85.5 Å². The molecule has 2 heterocycles. The Morgan fingerprint density at radius 1 is 0.611 bits per heavy atom. The van der Waals surface area contributed by atoms with Gasteiger partial charge >= 0.3 is 41.9 Å². The van der Waals surface area contributed by atoms with E-state index in [4.69, 9.17) is 0 Å². The van der Waals surface area contributed by atoms with Crippen LogP contribution in [0.5, 0.6) is 0 Å². The SMILES string of the molecule is C[Si](C)(C)c1ccc[c-]1-c1ccncc1.C[Si](C)(C)c1ccc[c-]1-c1ccncc1.C[Si](C)=[Zr+2].[Cl-].[Cl-]. The van der Waals surface area contributed by atoms with Gasteiger partial charge < -0.3 is 24.8 Å². The van der Waals surface area contributed by atoms with Gasteiger partial charge in [0.25, 0.3) is 0 Å². The molecule has 4 rings (SSSR count). The topological polar surface area (TPSA) is 25.8 Å². The Hall–Kier alpha value is -0.886. The first-order chi connectivity index (χ1) is 15.9. The summed E-state index contributed by atoms with van der Waals surface area (Å²) in [4.78, 5) is 8.12. The third-order valence-electron chi connectivity index (χ3n) is 5.23. The zero-order chi connectivity index (χ0) is 25.4. The molecule has 0 aliphatic carbocycles. The Bertz CT molecular complexity index is 1070. The van der Waals surface area contributed by atoms with Crippen molar-refractivity contribution >= 4 is 32.0 Å². The number of pyridine rings is 2. The van der Waals surface area contributed by atoms with Crippen molar-refractivity contribution in [2.75, 3.05) is 0 Å². The average Bonchev–Trinajstić information content (AvgIpc) is 3.45. The van der Waals surface area contributed by atoms with Gasteiger partial charge in [-0.15, -0.1) is 57.9 Å². The standard InChI is InChI=1S/2C13H16NSi.C2H6Si.2ClH.Zr/c2*1-15(2,3)13-6-4-5-12(13)11-7-9-14-10-8-11;1-3-2;;;/h2*4-10H,1-3H3;1-2H3;2*1H;/q2*-1;;;;+2/p-2. The summed E-state index contributed by atoms with van der Waals surface area (Å²) in [5.74, 6) is 0. The summed E-state index contributed by atoms with van der Waals surface area (Å²) >= 11 is 1.74. The van der Waals surface area contributed by atoms with Crippen LogP contribution in [0.1, 0.15) is 0 Å². The molecule has 0 unspecified atom stereocenters. The molecule has 0 bridgehead atoms. The Morgan fingerprint density at radius 2 is 0.889 bits per heavy atom. The van der Waals surface area contributed by atoms with Gasteiger partial charge in [-0.05, 0) is 24.8 Å². The molecular formula is C28H38Cl2N2Si3Zr-2. The summed E-state index contributed by atoms with van der Waals surface area (Å²) in [6.07, 6.45) is 7.43. The first-order valence-corrected chi connectivity index (χ1v) is 24.9. The van der Waals surface area contributed by atoms with Crippen molar-refractivity contribution in [2.24, 2.45) is 0 Å². The molecule has 0 fully saturated rings. The molecule has 0 N–H and O–H groups in total. The second-order valence-electron chi connectivity index (χ2n) is 10.7. The van der Waals surface area contributed by atoms with Gasteiger partial charge in [0.2, 0.25) is 0 Å². The molecule has 4 aromatic rings. The summed E-state index contributed by atoms with van der Waals surface area (Å²) in [6.45, 7) is 18.9. The van der Waals surface area contributed by atoms with Crippen molar-refractivity contribution in [3.63, 3.8) is 0 Å². The summed E-state index contributed by atoms with van der Waals surface area (Å²) in [6, 6.07) is 21.6. The van der Waals surface area contributed by atoms with Crippen LogP contribution in [0.3, 0.4) is 0 Å². The molecule has 2 aromatic heterocycles. The Morgan fingerprint density at radius 3 is 1.14 bits per heavy atom. The minimum absolute atomic E-state index is 0. The molecule has 0 aliphatic rings. The minimum atomic E-state index is -1.23.